The van der Waals surface area contributed by atoms with E-state index in [0.717, 1.165) is 5.56 Å². The first-order valence-corrected chi connectivity index (χ1v) is 7.39. The summed E-state index contributed by atoms with van der Waals surface area (Å²) in [6.45, 7) is 3.66. The fourth-order valence-corrected chi connectivity index (χ4v) is 2.14. The summed E-state index contributed by atoms with van der Waals surface area (Å²) in [5.74, 6) is 0.207. The predicted octanol–water partition coefficient (Wildman–Crippen LogP) is 2.72. The van der Waals surface area contributed by atoms with Crippen molar-refractivity contribution < 1.29 is 9.90 Å². The Kier molecular flexibility index (Phi) is 5.46. The molecule has 1 aromatic carbocycles. The maximum absolute atomic E-state index is 12.4. The van der Waals surface area contributed by atoms with Crippen LogP contribution >= 0.6 is 11.6 Å². The second kappa shape index (κ2) is 7.33. The summed E-state index contributed by atoms with van der Waals surface area (Å²) in [4.78, 5) is 20.7. The third kappa shape index (κ3) is 3.81. The van der Waals surface area contributed by atoms with Crippen LogP contribution in [0.2, 0.25) is 5.02 Å². The number of carbonyl (C=O) groups excluding carboxylic acids is 1. The highest BCUT2D eigenvalue weighted by molar-refractivity contribution is 6.33. The Morgan fingerprint density at radius 3 is 2.59 bits per heavy atom. The van der Waals surface area contributed by atoms with Crippen molar-refractivity contribution in [2.45, 2.75) is 25.8 Å². The van der Waals surface area contributed by atoms with Gasteiger partial charge in [-0.25, -0.2) is 9.97 Å². The van der Waals surface area contributed by atoms with E-state index in [0.29, 0.717) is 5.82 Å². The van der Waals surface area contributed by atoms with Gasteiger partial charge >= 0.3 is 0 Å². The first kappa shape index (κ1) is 16.4. The topological polar surface area (TPSA) is 75.1 Å². The molecular formula is C16H18ClN3O2. The number of rotatable bonds is 5. The average Bonchev–Trinajstić information content (AvgIpc) is 2.53. The quantitative estimate of drug-likeness (QED) is 0.888. The van der Waals surface area contributed by atoms with Crippen molar-refractivity contribution in [3.05, 3.63) is 58.6 Å². The Labute approximate surface area is 134 Å². The molecule has 0 spiro atoms. The van der Waals surface area contributed by atoms with Gasteiger partial charge in [-0.1, -0.05) is 55.8 Å². The van der Waals surface area contributed by atoms with Gasteiger partial charge in [0.05, 0.1) is 23.9 Å². The highest BCUT2D eigenvalue weighted by atomic mass is 35.5. The largest absolute Gasteiger partial charge is 0.394 e. The third-order valence-electron chi connectivity index (χ3n) is 3.18. The molecule has 1 aromatic heterocycles. The maximum atomic E-state index is 12.4. The van der Waals surface area contributed by atoms with E-state index >= 15 is 0 Å². The molecule has 22 heavy (non-hydrogen) atoms. The van der Waals surface area contributed by atoms with E-state index in [4.69, 9.17) is 11.6 Å². The monoisotopic (exact) mass is 319 g/mol. The molecule has 0 saturated carbocycles. The van der Waals surface area contributed by atoms with E-state index in [1.807, 2.05) is 44.2 Å². The molecule has 0 aliphatic heterocycles. The minimum Gasteiger partial charge on any atom is -0.394 e. The van der Waals surface area contributed by atoms with Crippen molar-refractivity contribution in [1.29, 1.82) is 0 Å². The van der Waals surface area contributed by atoms with Gasteiger partial charge in [-0.2, -0.15) is 0 Å². The number of amides is 1. The molecule has 1 unspecified atom stereocenters. The second-order valence-corrected chi connectivity index (χ2v) is 5.61. The Balaban J connectivity index is 2.23. The summed E-state index contributed by atoms with van der Waals surface area (Å²) in [5.41, 5.74) is 0.933. The lowest BCUT2D eigenvalue weighted by atomic mass is 10.1. The van der Waals surface area contributed by atoms with Gasteiger partial charge in [-0.3, -0.25) is 4.79 Å². The van der Waals surface area contributed by atoms with Crippen LogP contribution in [-0.4, -0.2) is 27.6 Å². The SMILES string of the molecule is CC(C)c1ncc(Cl)c(C(=O)NC(CO)c2ccccc2)n1. The molecule has 0 aliphatic rings. The van der Waals surface area contributed by atoms with E-state index in [2.05, 4.69) is 15.3 Å². The van der Waals surface area contributed by atoms with Crippen molar-refractivity contribution in [1.82, 2.24) is 15.3 Å². The summed E-state index contributed by atoms with van der Waals surface area (Å²) in [7, 11) is 0. The van der Waals surface area contributed by atoms with E-state index in [9.17, 15) is 9.90 Å². The molecule has 0 aliphatic carbocycles. The summed E-state index contributed by atoms with van der Waals surface area (Å²) >= 11 is 6.02. The number of benzene rings is 1. The Morgan fingerprint density at radius 2 is 2.00 bits per heavy atom. The van der Waals surface area contributed by atoms with Crippen LogP contribution in [-0.2, 0) is 0 Å². The summed E-state index contributed by atoms with van der Waals surface area (Å²) in [5, 5.41) is 12.4. The Morgan fingerprint density at radius 1 is 1.32 bits per heavy atom. The maximum Gasteiger partial charge on any atom is 0.272 e. The first-order chi connectivity index (χ1) is 10.5. The van der Waals surface area contributed by atoms with Crippen LogP contribution in [0.4, 0.5) is 0 Å². The van der Waals surface area contributed by atoms with Crippen LogP contribution in [0.1, 0.15) is 47.7 Å². The van der Waals surface area contributed by atoms with Gasteiger partial charge in [-0.05, 0) is 5.56 Å². The highest BCUT2D eigenvalue weighted by Gasteiger charge is 2.19. The molecule has 6 heteroatoms. The Hall–Kier alpha value is -1.98. The molecule has 1 amide bonds. The molecule has 0 fully saturated rings. The normalized spacial score (nSPS) is 12.2. The van der Waals surface area contributed by atoms with Gasteiger partial charge in [0.15, 0.2) is 0 Å². The zero-order chi connectivity index (χ0) is 16.1. The lowest BCUT2D eigenvalue weighted by molar-refractivity contribution is 0.0910. The molecule has 1 heterocycles. The smallest absolute Gasteiger partial charge is 0.272 e. The molecule has 5 nitrogen and oxygen atoms in total. The van der Waals surface area contributed by atoms with E-state index in [-0.39, 0.29) is 23.2 Å². The van der Waals surface area contributed by atoms with Gasteiger partial charge in [0.1, 0.15) is 11.5 Å². The zero-order valence-electron chi connectivity index (χ0n) is 12.5. The van der Waals surface area contributed by atoms with Crippen LogP contribution < -0.4 is 5.32 Å². The van der Waals surface area contributed by atoms with Crippen LogP contribution in [0, 0.1) is 0 Å². The number of aliphatic hydroxyl groups is 1. The summed E-state index contributed by atoms with van der Waals surface area (Å²) in [6, 6.07) is 8.72. The number of nitrogens with zero attached hydrogens (tertiary/aromatic N) is 2. The number of hydrogen-bond acceptors (Lipinski definition) is 4. The molecule has 0 saturated heterocycles. The highest BCUT2D eigenvalue weighted by Crippen LogP contribution is 2.18. The van der Waals surface area contributed by atoms with Crippen molar-refractivity contribution in [2.75, 3.05) is 6.61 Å². The fourth-order valence-electron chi connectivity index (χ4n) is 1.96. The molecule has 116 valence electrons. The minimum absolute atomic E-state index is 0.0894. The molecule has 0 bridgehead atoms. The van der Waals surface area contributed by atoms with Crippen LogP contribution in [0.15, 0.2) is 36.5 Å². The number of carbonyl (C=O) groups is 1. The van der Waals surface area contributed by atoms with Gasteiger partial charge < -0.3 is 10.4 Å². The third-order valence-corrected chi connectivity index (χ3v) is 3.46. The van der Waals surface area contributed by atoms with Crippen LogP contribution in [0.3, 0.4) is 0 Å². The van der Waals surface area contributed by atoms with Crippen molar-refractivity contribution >= 4 is 17.5 Å². The van der Waals surface area contributed by atoms with Gasteiger partial charge in [-0.15, -0.1) is 0 Å². The van der Waals surface area contributed by atoms with Gasteiger partial charge in [0.2, 0.25) is 0 Å². The van der Waals surface area contributed by atoms with Crippen molar-refractivity contribution in [3.63, 3.8) is 0 Å². The Bertz CT molecular complexity index is 647. The van der Waals surface area contributed by atoms with Crippen molar-refractivity contribution in [3.8, 4) is 0 Å². The molecule has 2 rings (SSSR count). The number of aromatic nitrogens is 2. The van der Waals surface area contributed by atoms with Gasteiger partial charge in [0, 0.05) is 5.92 Å². The number of hydrogen-bond donors (Lipinski definition) is 2. The van der Waals surface area contributed by atoms with Crippen LogP contribution in [0.25, 0.3) is 0 Å². The average molecular weight is 320 g/mol. The second-order valence-electron chi connectivity index (χ2n) is 5.20. The molecule has 1 atom stereocenters. The molecule has 2 N–H and O–H groups in total. The number of nitrogens with one attached hydrogen (secondary N) is 1. The fraction of sp³-hybridized carbons (Fsp3) is 0.312. The number of halogens is 1. The van der Waals surface area contributed by atoms with Crippen molar-refractivity contribution in [2.24, 2.45) is 0 Å². The lowest BCUT2D eigenvalue weighted by Crippen LogP contribution is -2.32. The van der Waals surface area contributed by atoms with Crippen LogP contribution in [0.5, 0.6) is 0 Å². The minimum atomic E-state index is -0.512. The molecular weight excluding hydrogens is 302 g/mol. The lowest BCUT2D eigenvalue weighted by Gasteiger charge is -2.17. The standard InChI is InChI=1S/C16H18ClN3O2/c1-10(2)15-18-8-12(17)14(20-15)16(22)19-13(9-21)11-6-4-3-5-7-11/h3-8,10,13,21H,9H2,1-2H3,(H,19,22). The van der Waals surface area contributed by atoms with E-state index < -0.39 is 11.9 Å². The zero-order valence-corrected chi connectivity index (χ0v) is 13.2. The molecule has 0 radical (unpaired) electrons. The van der Waals surface area contributed by atoms with Gasteiger partial charge in [0.25, 0.3) is 5.91 Å². The first-order valence-electron chi connectivity index (χ1n) is 7.02. The van der Waals surface area contributed by atoms with E-state index in [1.165, 1.54) is 6.20 Å². The predicted molar refractivity (Wildman–Crippen MR) is 84.9 cm³/mol. The number of aliphatic hydroxyl groups excluding tert-OH is 1. The summed E-state index contributed by atoms with van der Waals surface area (Å²) in [6.07, 6.45) is 1.43. The molecule has 2 aromatic rings. The van der Waals surface area contributed by atoms with E-state index in [1.54, 1.807) is 0 Å². The summed E-state index contributed by atoms with van der Waals surface area (Å²) < 4.78 is 0.